The molecule has 16 heavy (non-hydrogen) atoms. The van der Waals surface area contributed by atoms with Crippen molar-refractivity contribution in [3.63, 3.8) is 0 Å². The first-order valence-electron chi connectivity index (χ1n) is 5.08. The van der Waals surface area contributed by atoms with Crippen LogP contribution in [0.3, 0.4) is 0 Å². The van der Waals surface area contributed by atoms with Crippen LogP contribution in [0.1, 0.15) is 13.8 Å². The molecule has 5 nitrogen and oxygen atoms in total. The van der Waals surface area contributed by atoms with E-state index in [0.29, 0.717) is 6.61 Å². The summed E-state index contributed by atoms with van der Waals surface area (Å²) in [4.78, 5) is 13.5. The SMILES string of the molecule is CCN(CC)CCOc1nc(Cl)nc(Cl)n1. The van der Waals surface area contributed by atoms with Crippen LogP contribution >= 0.6 is 23.2 Å². The molecule has 0 aliphatic carbocycles. The van der Waals surface area contributed by atoms with Crippen LogP contribution in [0.4, 0.5) is 0 Å². The van der Waals surface area contributed by atoms with Gasteiger partial charge in [0, 0.05) is 6.54 Å². The number of halogens is 2. The lowest BCUT2D eigenvalue weighted by Gasteiger charge is -2.17. The fraction of sp³-hybridized carbons (Fsp3) is 0.667. The Morgan fingerprint density at radius 3 is 2.12 bits per heavy atom. The van der Waals surface area contributed by atoms with Crippen LogP contribution in [0.5, 0.6) is 6.01 Å². The van der Waals surface area contributed by atoms with Crippen LogP contribution in [-0.4, -0.2) is 46.1 Å². The highest BCUT2D eigenvalue weighted by atomic mass is 35.5. The minimum absolute atomic E-state index is 0.0397. The van der Waals surface area contributed by atoms with Gasteiger partial charge in [-0.2, -0.15) is 15.0 Å². The van der Waals surface area contributed by atoms with Gasteiger partial charge in [0.05, 0.1) is 0 Å². The topological polar surface area (TPSA) is 51.1 Å². The second-order valence-corrected chi connectivity index (χ2v) is 3.71. The van der Waals surface area contributed by atoms with Crippen molar-refractivity contribution >= 4 is 23.2 Å². The number of hydrogen-bond acceptors (Lipinski definition) is 5. The third-order valence-electron chi connectivity index (χ3n) is 2.09. The normalized spacial score (nSPS) is 10.8. The summed E-state index contributed by atoms with van der Waals surface area (Å²) in [5, 5.41) is 0.0793. The van der Waals surface area contributed by atoms with Crippen LogP contribution in [0.25, 0.3) is 0 Å². The van der Waals surface area contributed by atoms with E-state index in [-0.39, 0.29) is 16.6 Å². The number of nitrogens with zero attached hydrogens (tertiary/aromatic N) is 4. The molecule has 0 bridgehead atoms. The van der Waals surface area contributed by atoms with Crippen molar-refractivity contribution in [2.75, 3.05) is 26.2 Å². The van der Waals surface area contributed by atoms with Gasteiger partial charge in [0.15, 0.2) is 0 Å². The van der Waals surface area contributed by atoms with Crippen molar-refractivity contribution in [3.8, 4) is 6.01 Å². The Kier molecular flexibility index (Phi) is 5.73. The third kappa shape index (κ3) is 4.47. The number of hydrogen-bond donors (Lipinski definition) is 0. The Hall–Kier alpha value is -0.650. The third-order valence-corrected chi connectivity index (χ3v) is 2.43. The molecule has 0 N–H and O–H groups in total. The average molecular weight is 265 g/mol. The molecule has 0 aliphatic heterocycles. The summed E-state index contributed by atoms with van der Waals surface area (Å²) in [5.74, 6) is 0. The maximum atomic E-state index is 5.61. The molecule has 0 spiro atoms. The summed E-state index contributed by atoms with van der Waals surface area (Å²) in [6.45, 7) is 7.48. The quantitative estimate of drug-likeness (QED) is 0.786. The Morgan fingerprint density at radius 1 is 1.06 bits per heavy atom. The van der Waals surface area contributed by atoms with Gasteiger partial charge in [-0.15, -0.1) is 0 Å². The number of ether oxygens (including phenoxy) is 1. The first kappa shape index (κ1) is 13.4. The molecule has 0 unspecified atom stereocenters. The molecule has 0 fully saturated rings. The lowest BCUT2D eigenvalue weighted by atomic mass is 10.5. The van der Waals surface area contributed by atoms with Crippen molar-refractivity contribution in [2.45, 2.75) is 13.8 Å². The molecule has 1 heterocycles. The van der Waals surface area contributed by atoms with E-state index >= 15 is 0 Å². The van der Waals surface area contributed by atoms with Crippen LogP contribution < -0.4 is 4.74 Å². The Bertz CT molecular complexity index is 313. The molecule has 1 rings (SSSR count). The van der Waals surface area contributed by atoms with Crippen molar-refractivity contribution in [3.05, 3.63) is 10.6 Å². The van der Waals surface area contributed by atoms with Gasteiger partial charge in [-0.1, -0.05) is 13.8 Å². The molecule has 0 aliphatic rings. The first-order valence-corrected chi connectivity index (χ1v) is 5.83. The monoisotopic (exact) mass is 264 g/mol. The molecule has 0 saturated carbocycles. The standard InChI is InChI=1S/C9H14Cl2N4O/c1-3-15(4-2)5-6-16-9-13-7(10)12-8(11)14-9/h3-6H2,1-2H3. The molecule has 0 saturated heterocycles. The van der Waals surface area contributed by atoms with Gasteiger partial charge in [0.25, 0.3) is 0 Å². The van der Waals surface area contributed by atoms with Crippen LogP contribution in [-0.2, 0) is 0 Å². The van der Waals surface area contributed by atoms with E-state index in [1.807, 2.05) is 0 Å². The summed E-state index contributed by atoms with van der Waals surface area (Å²) < 4.78 is 5.33. The molecule has 1 aromatic heterocycles. The zero-order chi connectivity index (χ0) is 12.0. The maximum absolute atomic E-state index is 5.61. The van der Waals surface area contributed by atoms with Gasteiger partial charge in [-0.3, -0.25) is 0 Å². The van der Waals surface area contributed by atoms with Gasteiger partial charge in [-0.25, -0.2) is 0 Å². The highest BCUT2D eigenvalue weighted by Gasteiger charge is 2.05. The zero-order valence-electron chi connectivity index (χ0n) is 9.28. The summed E-state index contributed by atoms with van der Waals surface area (Å²) in [5.41, 5.74) is 0. The lowest BCUT2D eigenvalue weighted by molar-refractivity contribution is 0.212. The molecule has 7 heteroatoms. The summed E-state index contributed by atoms with van der Waals surface area (Å²) in [7, 11) is 0. The van der Waals surface area contributed by atoms with Crippen molar-refractivity contribution in [1.82, 2.24) is 19.9 Å². The van der Waals surface area contributed by atoms with Gasteiger partial charge in [0.1, 0.15) is 6.61 Å². The van der Waals surface area contributed by atoms with E-state index in [4.69, 9.17) is 27.9 Å². The zero-order valence-corrected chi connectivity index (χ0v) is 10.8. The van der Waals surface area contributed by atoms with E-state index in [2.05, 4.69) is 33.7 Å². The number of likely N-dealkylation sites (N-methyl/N-ethyl adjacent to an activating group) is 1. The molecular weight excluding hydrogens is 251 g/mol. The van der Waals surface area contributed by atoms with Crippen LogP contribution in [0.2, 0.25) is 10.6 Å². The van der Waals surface area contributed by atoms with Gasteiger partial charge < -0.3 is 9.64 Å². The van der Waals surface area contributed by atoms with E-state index in [1.165, 1.54) is 0 Å². The Labute approximate surface area is 105 Å². The molecule has 90 valence electrons. The largest absolute Gasteiger partial charge is 0.462 e. The minimum Gasteiger partial charge on any atom is -0.462 e. The molecule has 0 aromatic carbocycles. The molecule has 0 radical (unpaired) electrons. The smallest absolute Gasteiger partial charge is 0.322 e. The molecular formula is C9H14Cl2N4O. The first-order chi connectivity index (χ1) is 7.65. The molecule has 1 aromatic rings. The Balaban J connectivity index is 2.42. The van der Waals surface area contributed by atoms with E-state index in [0.717, 1.165) is 19.6 Å². The summed E-state index contributed by atoms with van der Waals surface area (Å²) >= 11 is 11.2. The summed E-state index contributed by atoms with van der Waals surface area (Å²) in [6.07, 6.45) is 0. The number of rotatable bonds is 6. The van der Waals surface area contributed by atoms with Crippen molar-refractivity contribution in [1.29, 1.82) is 0 Å². The van der Waals surface area contributed by atoms with Crippen LogP contribution in [0, 0.1) is 0 Å². The maximum Gasteiger partial charge on any atom is 0.322 e. The van der Waals surface area contributed by atoms with E-state index in [1.54, 1.807) is 0 Å². The molecule has 0 atom stereocenters. The van der Waals surface area contributed by atoms with Crippen molar-refractivity contribution in [2.24, 2.45) is 0 Å². The van der Waals surface area contributed by atoms with Gasteiger partial charge in [-0.05, 0) is 36.3 Å². The van der Waals surface area contributed by atoms with Crippen LogP contribution in [0.15, 0.2) is 0 Å². The van der Waals surface area contributed by atoms with Gasteiger partial charge >= 0.3 is 6.01 Å². The van der Waals surface area contributed by atoms with E-state index < -0.39 is 0 Å². The fourth-order valence-corrected chi connectivity index (χ4v) is 1.53. The number of aromatic nitrogens is 3. The highest BCUT2D eigenvalue weighted by molar-refractivity contribution is 6.31. The van der Waals surface area contributed by atoms with E-state index in [9.17, 15) is 0 Å². The lowest BCUT2D eigenvalue weighted by Crippen LogP contribution is -2.28. The van der Waals surface area contributed by atoms with Crippen molar-refractivity contribution < 1.29 is 4.74 Å². The second kappa shape index (κ2) is 6.83. The Morgan fingerprint density at radius 2 is 1.62 bits per heavy atom. The minimum atomic E-state index is 0.0397. The predicted molar refractivity (Wildman–Crippen MR) is 63.1 cm³/mol. The average Bonchev–Trinajstić information content (AvgIpc) is 2.23. The fourth-order valence-electron chi connectivity index (χ4n) is 1.18. The second-order valence-electron chi connectivity index (χ2n) is 3.03. The predicted octanol–water partition coefficient (Wildman–Crippen LogP) is 1.90. The van der Waals surface area contributed by atoms with Gasteiger partial charge in [0.2, 0.25) is 10.6 Å². The summed E-state index contributed by atoms with van der Waals surface area (Å²) in [6, 6.07) is 0.164. The molecule has 0 amide bonds. The highest BCUT2D eigenvalue weighted by Crippen LogP contribution is 2.11.